The second-order valence-electron chi connectivity index (χ2n) is 9.93. The number of carbonyl (C=O) groups excluding carboxylic acids is 2. The average molecular weight is 606 g/mol. The molecule has 13 heteroatoms. The molecule has 13 nitrogen and oxygen atoms in total. The number of allylic oxidation sites excluding steroid dienone is 1. The van der Waals surface area contributed by atoms with E-state index < -0.39 is 30.2 Å². The zero-order valence-corrected chi connectivity index (χ0v) is 25.0. The molecular formula is C31H35N5O8. The third-order valence-corrected chi connectivity index (χ3v) is 6.92. The van der Waals surface area contributed by atoms with E-state index in [9.17, 15) is 24.6 Å². The molecule has 2 aromatic carbocycles. The Morgan fingerprint density at radius 2 is 1.89 bits per heavy atom. The fourth-order valence-corrected chi connectivity index (χ4v) is 4.91. The van der Waals surface area contributed by atoms with Gasteiger partial charge in [-0.3, -0.25) is 5.43 Å². The number of hydrazone groups is 1. The highest BCUT2D eigenvalue weighted by Crippen LogP contribution is 2.35. The van der Waals surface area contributed by atoms with Crippen LogP contribution in [0.3, 0.4) is 0 Å². The highest BCUT2D eigenvalue weighted by atomic mass is 16.5. The van der Waals surface area contributed by atoms with E-state index in [1.54, 1.807) is 50.4 Å². The zero-order valence-electron chi connectivity index (χ0n) is 25.0. The lowest BCUT2D eigenvalue weighted by atomic mass is 9.95. The van der Waals surface area contributed by atoms with Crippen molar-refractivity contribution < 1.29 is 38.8 Å². The van der Waals surface area contributed by atoms with Crippen molar-refractivity contribution in [3.05, 3.63) is 87.9 Å². The van der Waals surface area contributed by atoms with Gasteiger partial charge in [-0.1, -0.05) is 12.1 Å². The summed E-state index contributed by atoms with van der Waals surface area (Å²) in [5.41, 5.74) is 7.25. The third kappa shape index (κ3) is 7.01. The lowest BCUT2D eigenvalue weighted by Gasteiger charge is -2.28. The van der Waals surface area contributed by atoms with E-state index in [2.05, 4.69) is 21.2 Å². The first-order valence-electron chi connectivity index (χ1n) is 13.8. The Balaban J connectivity index is 1.44. The Hall–Kier alpha value is -5.30. The Kier molecular flexibility index (Phi) is 9.91. The summed E-state index contributed by atoms with van der Waals surface area (Å²) in [6.45, 7) is 7.36. The van der Waals surface area contributed by atoms with E-state index in [1.807, 2.05) is 30.5 Å². The van der Waals surface area contributed by atoms with E-state index in [4.69, 9.17) is 14.2 Å². The van der Waals surface area contributed by atoms with Crippen LogP contribution in [0.4, 0.5) is 4.79 Å². The summed E-state index contributed by atoms with van der Waals surface area (Å²) in [6.07, 6.45) is 0.391. The van der Waals surface area contributed by atoms with Crippen LogP contribution >= 0.6 is 0 Å². The molecule has 232 valence electrons. The quantitative estimate of drug-likeness (QED) is 0.0899. The van der Waals surface area contributed by atoms with Crippen molar-refractivity contribution >= 4 is 24.2 Å². The van der Waals surface area contributed by atoms with E-state index in [1.165, 1.54) is 13.2 Å². The van der Waals surface area contributed by atoms with Crippen molar-refractivity contribution in [2.45, 2.75) is 40.0 Å². The van der Waals surface area contributed by atoms with Crippen LogP contribution in [0.25, 0.3) is 5.69 Å². The van der Waals surface area contributed by atoms with E-state index in [0.29, 0.717) is 35.1 Å². The number of esters is 1. The number of amides is 2. The Labute approximate surface area is 254 Å². The fraction of sp³-hybridized carbons (Fsp3) is 0.290. The number of aliphatic hydroxyl groups excluding tert-OH is 1. The molecule has 0 saturated carbocycles. The normalized spacial score (nSPS) is 15.4. The van der Waals surface area contributed by atoms with Crippen molar-refractivity contribution in [1.82, 2.24) is 20.6 Å². The Bertz CT molecular complexity index is 1630. The number of methoxy groups -OCH3 is 1. The summed E-state index contributed by atoms with van der Waals surface area (Å²) in [7, 11) is 1.27. The summed E-state index contributed by atoms with van der Waals surface area (Å²) in [5.74, 6) is -0.888. The molecule has 2 atom stereocenters. The number of carbonyl (C=O) groups is 3. The molecule has 2 amide bonds. The zero-order chi connectivity index (χ0) is 32.0. The molecule has 0 spiro atoms. The highest BCUT2D eigenvalue weighted by Gasteiger charge is 2.32. The van der Waals surface area contributed by atoms with Gasteiger partial charge in [0, 0.05) is 28.3 Å². The molecule has 1 aliphatic rings. The number of aromatic carboxylic acids is 1. The number of nitrogens with zero attached hydrogens (tertiary/aromatic N) is 2. The van der Waals surface area contributed by atoms with Crippen molar-refractivity contribution in [2.24, 2.45) is 5.10 Å². The van der Waals surface area contributed by atoms with Gasteiger partial charge in [0.15, 0.2) is 17.7 Å². The van der Waals surface area contributed by atoms with Gasteiger partial charge in [-0.05, 0) is 69.7 Å². The van der Waals surface area contributed by atoms with Crippen LogP contribution < -0.4 is 25.5 Å². The number of nitrogens with one attached hydrogen (secondary N) is 3. The number of ether oxygens (including phenoxy) is 3. The summed E-state index contributed by atoms with van der Waals surface area (Å²) in [6, 6.07) is 12.3. The molecule has 3 aromatic rings. The number of rotatable bonds is 12. The molecule has 0 fully saturated rings. The van der Waals surface area contributed by atoms with Gasteiger partial charge in [-0.2, -0.15) is 5.10 Å². The minimum absolute atomic E-state index is 0.172. The molecular weight excluding hydrogens is 570 g/mol. The standard InChI is InChI=1S/C31H35N5O8/c1-6-43-25-14-20(28-27(30(40)42-5)18(3)33-31(41)34-28)10-11-24(25)44-16-26(37)35-32-15-22-12-17(2)36(19(22)4)23-9-7-8-21(13-23)29(38)39/h7-15,26,28,35,37H,6,16H2,1-5H3,(H,38,39)(H2,33,34,41)/b32-15-/t26-,28+/m1/s1. The Morgan fingerprint density at radius 1 is 1.11 bits per heavy atom. The van der Waals surface area contributed by atoms with Crippen LogP contribution in [0.5, 0.6) is 11.5 Å². The van der Waals surface area contributed by atoms with Crippen molar-refractivity contribution in [3.63, 3.8) is 0 Å². The number of aliphatic hydroxyl groups is 1. The molecule has 1 aliphatic heterocycles. The first-order valence-corrected chi connectivity index (χ1v) is 13.8. The molecule has 5 N–H and O–H groups in total. The van der Waals surface area contributed by atoms with Crippen LogP contribution in [-0.4, -0.2) is 65.5 Å². The number of benzene rings is 2. The van der Waals surface area contributed by atoms with E-state index >= 15 is 0 Å². The first-order chi connectivity index (χ1) is 21.0. The van der Waals surface area contributed by atoms with Crippen LogP contribution in [0.1, 0.15) is 52.8 Å². The molecule has 0 aliphatic carbocycles. The molecule has 2 heterocycles. The SMILES string of the molecule is CCOc1cc([C@@H]2NC(=O)NC(C)=C2C(=O)OC)ccc1OC[C@@H](O)N/N=C\c1cc(C)n(-c2cccc(C(=O)O)c2)c1C. The summed E-state index contributed by atoms with van der Waals surface area (Å²) in [5, 5.41) is 29.3. The van der Waals surface area contributed by atoms with E-state index in [0.717, 1.165) is 17.0 Å². The molecule has 0 bridgehead atoms. The van der Waals surface area contributed by atoms with E-state index in [-0.39, 0.29) is 17.7 Å². The van der Waals surface area contributed by atoms with Crippen LogP contribution in [0.2, 0.25) is 0 Å². The van der Waals surface area contributed by atoms with Gasteiger partial charge in [0.2, 0.25) is 0 Å². The number of carboxylic acid groups (broad SMARTS) is 1. The maximum absolute atomic E-state index is 12.4. The number of aryl methyl sites for hydroxylation is 1. The largest absolute Gasteiger partial charge is 0.490 e. The molecule has 0 radical (unpaired) electrons. The number of hydrogen-bond donors (Lipinski definition) is 5. The van der Waals surface area contributed by atoms with Crippen LogP contribution in [0.15, 0.2) is 64.9 Å². The summed E-state index contributed by atoms with van der Waals surface area (Å²) in [4.78, 5) is 36.0. The van der Waals surface area contributed by atoms with Gasteiger partial charge in [0.1, 0.15) is 6.61 Å². The van der Waals surface area contributed by atoms with Gasteiger partial charge in [0.25, 0.3) is 0 Å². The van der Waals surface area contributed by atoms with Gasteiger partial charge < -0.3 is 39.6 Å². The van der Waals surface area contributed by atoms with Crippen LogP contribution in [-0.2, 0) is 9.53 Å². The topological polar surface area (TPSA) is 173 Å². The number of aromatic nitrogens is 1. The lowest BCUT2D eigenvalue weighted by Crippen LogP contribution is -2.45. The van der Waals surface area contributed by atoms with Gasteiger partial charge in [-0.25, -0.2) is 14.4 Å². The van der Waals surface area contributed by atoms with Gasteiger partial charge in [0.05, 0.1) is 37.1 Å². The lowest BCUT2D eigenvalue weighted by molar-refractivity contribution is -0.136. The second kappa shape index (κ2) is 13.8. The minimum atomic E-state index is -1.17. The number of hydrogen-bond acceptors (Lipinski definition) is 9. The van der Waals surface area contributed by atoms with Gasteiger partial charge in [-0.15, -0.1) is 0 Å². The number of carboxylic acids is 1. The second-order valence-corrected chi connectivity index (χ2v) is 9.93. The van der Waals surface area contributed by atoms with Crippen LogP contribution in [0, 0.1) is 13.8 Å². The molecule has 4 rings (SSSR count). The molecule has 44 heavy (non-hydrogen) atoms. The average Bonchev–Trinajstić information content (AvgIpc) is 3.28. The minimum Gasteiger partial charge on any atom is -0.490 e. The van der Waals surface area contributed by atoms with Crippen molar-refractivity contribution in [2.75, 3.05) is 20.3 Å². The predicted molar refractivity (Wildman–Crippen MR) is 161 cm³/mol. The van der Waals surface area contributed by atoms with Gasteiger partial charge >= 0.3 is 18.0 Å². The summed E-state index contributed by atoms with van der Waals surface area (Å²) >= 11 is 0. The maximum Gasteiger partial charge on any atom is 0.337 e. The van der Waals surface area contributed by atoms with Crippen molar-refractivity contribution in [1.29, 1.82) is 0 Å². The first kappa shape index (κ1) is 31.6. The molecule has 0 unspecified atom stereocenters. The summed E-state index contributed by atoms with van der Waals surface area (Å²) < 4.78 is 18.4. The molecule has 0 saturated heterocycles. The third-order valence-electron chi connectivity index (χ3n) is 6.92. The fourth-order valence-electron chi connectivity index (χ4n) is 4.91. The highest BCUT2D eigenvalue weighted by molar-refractivity contribution is 5.95. The number of urea groups is 1. The maximum atomic E-state index is 12.4. The Morgan fingerprint density at radius 3 is 2.59 bits per heavy atom. The molecule has 1 aromatic heterocycles. The predicted octanol–water partition coefficient (Wildman–Crippen LogP) is 3.31. The van der Waals surface area contributed by atoms with Crippen molar-refractivity contribution in [3.8, 4) is 17.2 Å². The monoisotopic (exact) mass is 605 g/mol. The smallest absolute Gasteiger partial charge is 0.337 e.